The molecule has 0 heterocycles. The van der Waals surface area contributed by atoms with Crippen molar-refractivity contribution >= 4 is 8.58 Å². The van der Waals surface area contributed by atoms with Crippen molar-refractivity contribution in [3.8, 4) is 23.2 Å². The predicted octanol–water partition coefficient (Wildman–Crippen LogP) is 11.3. The van der Waals surface area contributed by atoms with Gasteiger partial charge in [-0.15, -0.1) is 0 Å². The van der Waals surface area contributed by atoms with E-state index in [0.29, 0.717) is 0 Å². The molecule has 0 amide bonds. The third kappa shape index (κ3) is 29.6. The molecule has 0 aliphatic carbocycles. The maximum absolute atomic E-state index is 3.30. The fourth-order valence-corrected chi connectivity index (χ4v) is 4.41. The van der Waals surface area contributed by atoms with Crippen LogP contribution in [0.5, 0.6) is 0 Å². The van der Waals surface area contributed by atoms with Gasteiger partial charge in [-0.25, -0.2) is 0 Å². The summed E-state index contributed by atoms with van der Waals surface area (Å²) in [6.45, 7) is 4.58. The number of unbranched alkanes of at least 4 members (excludes halogenated alkanes) is 22. The smallest absolute Gasteiger partial charge is 0.0972 e. The second-order valence-corrected chi connectivity index (χ2v) is 9.93. The van der Waals surface area contributed by atoms with Crippen LogP contribution < -0.4 is 0 Å². The van der Waals surface area contributed by atoms with E-state index in [1.165, 1.54) is 141 Å². The Morgan fingerprint density at radius 2 is 0.613 bits per heavy atom. The second kappa shape index (κ2) is 29.5. The molecule has 31 heavy (non-hydrogen) atoms. The highest BCUT2D eigenvalue weighted by Crippen LogP contribution is 2.13. The van der Waals surface area contributed by atoms with E-state index in [4.69, 9.17) is 0 Å². The van der Waals surface area contributed by atoms with Crippen molar-refractivity contribution in [1.29, 1.82) is 0 Å². The molecular formula is C30H54P. The summed E-state index contributed by atoms with van der Waals surface area (Å²) < 4.78 is 0. The van der Waals surface area contributed by atoms with E-state index in [1.54, 1.807) is 0 Å². The lowest BCUT2D eigenvalue weighted by atomic mass is 10.1. The van der Waals surface area contributed by atoms with Crippen molar-refractivity contribution in [2.45, 2.75) is 168 Å². The zero-order valence-corrected chi connectivity index (χ0v) is 22.3. The van der Waals surface area contributed by atoms with Gasteiger partial charge >= 0.3 is 0 Å². The highest BCUT2D eigenvalue weighted by Gasteiger charge is 1.93. The molecule has 0 aromatic heterocycles. The molecule has 0 aromatic carbocycles. The largest absolute Gasteiger partial charge is 0.0995 e. The second-order valence-electron chi connectivity index (χ2n) is 9.26. The SMILES string of the molecule is CCCCCCCCCCCCCC#C[P]C#CCCCCCCCCCCCCC. The summed E-state index contributed by atoms with van der Waals surface area (Å²) in [6.07, 6.45) is 33.0. The summed E-state index contributed by atoms with van der Waals surface area (Å²) in [6, 6.07) is 0. The average Bonchev–Trinajstić information content (AvgIpc) is 2.78. The Hall–Kier alpha value is -0.450. The minimum Gasteiger partial charge on any atom is -0.0972 e. The molecule has 1 radical (unpaired) electrons. The summed E-state index contributed by atoms with van der Waals surface area (Å²) in [4.78, 5) is 0. The maximum atomic E-state index is 3.30. The molecule has 0 fully saturated rings. The van der Waals surface area contributed by atoms with Gasteiger partial charge in [0.05, 0.1) is 8.58 Å². The van der Waals surface area contributed by atoms with Gasteiger partial charge in [0.15, 0.2) is 0 Å². The molecule has 0 nitrogen and oxygen atoms in total. The van der Waals surface area contributed by atoms with Crippen LogP contribution in [0.2, 0.25) is 0 Å². The molecule has 179 valence electrons. The lowest BCUT2D eigenvalue weighted by molar-refractivity contribution is 0.551. The molecule has 0 bridgehead atoms. The normalized spacial score (nSPS) is 10.4. The molecule has 1 heteroatoms. The van der Waals surface area contributed by atoms with Gasteiger partial charge in [-0.1, -0.05) is 165 Å². The van der Waals surface area contributed by atoms with Crippen molar-refractivity contribution in [2.24, 2.45) is 0 Å². The molecule has 0 N–H and O–H groups in total. The molecule has 0 aromatic rings. The first kappa shape index (κ1) is 30.6. The molecule has 0 aliphatic rings. The minimum absolute atomic E-state index is 1.01. The Balaban J connectivity index is 3.20. The van der Waals surface area contributed by atoms with Gasteiger partial charge in [-0.2, -0.15) is 0 Å². The first-order valence-electron chi connectivity index (χ1n) is 14.1. The number of hydrogen-bond donors (Lipinski definition) is 0. The Morgan fingerprint density at radius 3 is 0.903 bits per heavy atom. The van der Waals surface area contributed by atoms with E-state index >= 15 is 0 Å². The van der Waals surface area contributed by atoms with Crippen LogP contribution in [0.15, 0.2) is 0 Å². The van der Waals surface area contributed by atoms with Crippen LogP contribution in [-0.2, 0) is 0 Å². The zero-order chi connectivity index (χ0) is 22.5. The predicted molar refractivity (Wildman–Crippen MR) is 145 cm³/mol. The highest BCUT2D eigenvalue weighted by molar-refractivity contribution is 7.49. The van der Waals surface area contributed by atoms with E-state index in [0.717, 1.165) is 21.4 Å². The maximum Gasteiger partial charge on any atom is 0.0995 e. The fourth-order valence-electron chi connectivity index (χ4n) is 3.97. The summed E-state index contributed by atoms with van der Waals surface area (Å²) in [5, 5.41) is 0. The molecule has 0 saturated carbocycles. The van der Waals surface area contributed by atoms with Gasteiger partial charge in [0.1, 0.15) is 0 Å². The Kier molecular flexibility index (Phi) is 29.1. The van der Waals surface area contributed by atoms with Crippen LogP contribution in [0.25, 0.3) is 0 Å². The topological polar surface area (TPSA) is 0 Å². The summed E-state index contributed by atoms with van der Waals surface area (Å²) in [5.74, 6) is 6.60. The quantitative estimate of drug-likeness (QED) is 0.0882. The molecule has 0 saturated heterocycles. The standard InChI is InChI=1S/C30H54P/c1-3-5-7-9-11-13-15-17-19-21-23-25-27-29-31-30-28-26-24-22-20-18-16-14-12-10-8-6-4-2/h3-26H2,1-2H3. The van der Waals surface area contributed by atoms with Crippen molar-refractivity contribution in [3.05, 3.63) is 0 Å². The van der Waals surface area contributed by atoms with Gasteiger partial charge in [0.25, 0.3) is 0 Å². The molecule has 0 atom stereocenters. The van der Waals surface area contributed by atoms with Crippen LogP contribution in [0.1, 0.15) is 168 Å². The molecule has 0 spiro atoms. The van der Waals surface area contributed by atoms with E-state index in [-0.39, 0.29) is 0 Å². The van der Waals surface area contributed by atoms with Crippen LogP contribution in [0.3, 0.4) is 0 Å². The Labute approximate surface area is 199 Å². The lowest BCUT2D eigenvalue weighted by Crippen LogP contribution is -1.82. The van der Waals surface area contributed by atoms with E-state index in [1.807, 2.05) is 0 Å². The van der Waals surface area contributed by atoms with Gasteiger partial charge in [-0.3, -0.25) is 0 Å². The van der Waals surface area contributed by atoms with Crippen LogP contribution in [0.4, 0.5) is 0 Å². The molecule has 0 aliphatic heterocycles. The van der Waals surface area contributed by atoms with Gasteiger partial charge in [-0.05, 0) is 12.8 Å². The van der Waals surface area contributed by atoms with Crippen molar-refractivity contribution < 1.29 is 0 Å². The zero-order valence-electron chi connectivity index (χ0n) is 21.4. The first-order valence-corrected chi connectivity index (χ1v) is 15.0. The number of hydrogen-bond acceptors (Lipinski definition) is 0. The first-order chi connectivity index (χ1) is 15.4. The van der Waals surface area contributed by atoms with Gasteiger partial charge < -0.3 is 0 Å². The Bertz CT molecular complexity index is 403. The summed E-state index contributed by atoms with van der Waals surface area (Å²) in [7, 11) is 1.01. The molecular weight excluding hydrogens is 391 g/mol. The summed E-state index contributed by atoms with van der Waals surface area (Å²) in [5.41, 5.74) is 6.43. The van der Waals surface area contributed by atoms with Gasteiger partial charge in [0.2, 0.25) is 0 Å². The van der Waals surface area contributed by atoms with Gasteiger partial charge in [0, 0.05) is 12.8 Å². The monoisotopic (exact) mass is 445 g/mol. The fraction of sp³-hybridized carbons (Fsp3) is 0.867. The molecule has 0 rings (SSSR count). The average molecular weight is 446 g/mol. The Morgan fingerprint density at radius 1 is 0.355 bits per heavy atom. The minimum atomic E-state index is 1.01. The van der Waals surface area contributed by atoms with Crippen molar-refractivity contribution in [3.63, 3.8) is 0 Å². The lowest BCUT2D eigenvalue weighted by Gasteiger charge is -2.01. The molecule has 0 unspecified atom stereocenters. The van der Waals surface area contributed by atoms with E-state index < -0.39 is 0 Å². The summed E-state index contributed by atoms with van der Waals surface area (Å²) >= 11 is 0. The van der Waals surface area contributed by atoms with Crippen molar-refractivity contribution in [1.82, 2.24) is 0 Å². The highest BCUT2D eigenvalue weighted by atomic mass is 31.1. The van der Waals surface area contributed by atoms with Crippen LogP contribution in [-0.4, -0.2) is 0 Å². The van der Waals surface area contributed by atoms with Crippen molar-refractivity contribution in [2.75, 3.05) is 0 Å². The third-order valence-electron chi connectivity index (χ3n) is 6.08. The number of rotatable bonds is 22. The van der Waals surface area contributed by atoms with E-state index in [2.05, 4.69) is 37.0 Å². The third-order valence-corrected chi connectivity index (χ3v) is 6.62. The van der Waals surface area contributed by atoms with Crippen LogP contribution in [0, 0.1) is 23.2 Å². The van der Waals surface area contributed by atoms with E-state index in [9.17, 15) is 0 Å². The van der Waals surface area contributed by atoms with Crippen LogP contribution >= 0.6 is 8.58 Å².